The monoisotopic (exact) mass is 443 g/mol. The van der Waals surface area contributed by atoms with E-state index >= 15 is 0 Å². The van der Waals surface area contributed by atoms with Crippen molar-refractivity contribution in [3.63, 3.8) is 0 Å². The van der Waals surface area contributed by atoms with E-state index in [4.69, 9.17) is 16.7 Å². The Bertz CT molecular complexity index is 714. The van der Waals surface area contributed by atoms with Crippen molar-refractivity contribution in [2.45, 2.75) is 24.5 Å². The van der Waals surface area contributed by atoms with Crippen molar-refractivity contribution in [3.8, 4) is 0 Å². The highest BCUT2D eigenvalue weighted by Gasteiger charge is 2.44. The van der Waals surface area contributed by atoms with Crippen molar-refractivity contribution in [2.24, 2.45) is 10.1 Å². The Morgan fingerprint density at radius 1 is 1.48 bits per heavy atom. The van der Waals surface area contributed by atoms with Crippen LogP contribution in [0.2, 0.25) is 5.02 Å². The van der Waals surface area contributed by atoms with Crippen molar-refractivity contribution in [1.82, 2.24) is 4.90 Å². The minimum absolute atomic E-state index is 0. The van der Waals surface area contributed by atoms with E-state index in [1.807, 2.05) is 13.8 Å². The number of hydrogen-bond donors (Lipinski definition) is 2. The Kier molecular flexibility index (Phi) is 6.95. The molecule has 1 aliphatic heterocycles. The fourth-order valence-electron chi connectivity index (χ4n) is 2.35. The molecule has 23 heavy (non-hydrogen) atoms. The molecule has 1 saturated heterocycles. The standard InChI is InChI=1S/C13H18ClN3O3S2.BrH/c1-3-16-12-17(4-2)13(18,8-21-12)9-5-6-10(14)11(7-9)22(15,19)20;/h5-7,18H,3-4,8H2,1-2H3,(H2,15,19,20);1H. The maximum Gasteiger partial charge on any atom is 0.239 e. The average Bonchev–Trinajstić information content (AvgIpc) is 2.76. The summed E-state index contributed by atoms with van der Waals surface area (Å²) in [5, 5.41) is 17.0. The number of benzene rings is 1. The van der Waals surface area contributed by atoms with E-state index < -0.39 is 15.7 Å². The van der Waals surface area contributed by atoms with Crippen molar-refractivity contribution >= 4 is 55.5 Å². The molecule has 0 radical (unpaired) electrons. The average molecular weight is 445 g/mol. The molecule has 0 aromatic heterocycles. The van der Waals surface area contributed by atoms with Crippen LogP contribution >= 0.6 is 40.3 Å². The molecule has 1 unspecified atom stereocenters. The van der Waals surface area contributed by atoms with Crippen LogP contribution in [-0.2, 0) is 15.7 Å². The maximum absolute atomic E-state index is 11.6. The van der Waals surface area contributed by atoms with Crippen molar-refractivity contribution in [2.75, 3.05) is 18.8 Å². The van der Waals surface area contributed by atoms with Gasteiger partial charge in [0.1, 0.15) is 4.90 Å². The van der Waals surface area contributed by atoms with Crippen LogP contribution in [0.3, 0.4) is 0 Å². The summed E-state index contributed by atoms with van der Waals surface area (Å²) in [4.78, 5) is 5.92. The van der Waals surface area contributed by atoms with Gasteiger partial charge in [0.2, 0.25) is 10.0 Å². The summed E-state index contributed by atoms with van der Waals surface area (Å²) in [7, 11) is -3.96. The zero-order valence-corrected chi connectivity index (χ0v) is 16.8. The summed E-state index contributed by atoms with van der Waals surface area (Å²) in [6.45, 7) is 4.96. The Morgan fingerprint density at radius 2 is 2.13 bits per heavy atom. The molecule has 1 aliphatic rings. The van der Waals surface area contributed by atoms with Crippen LogP contribution in [-0.4, -0.2) is 42.4 Å². The maximum atomic E-state index is 11.6. The molecule has 2 rings (SSSR count). The SMILES string of the molecule is Br.CCN=C1SCC(O)(c2ccc(Cl)c(S(N)(=O)=O)c2)N1CC. The van der Waals surface area contributed by atoms with Gasteiger partial charge in [-0.05, 0) is 26.0 Å². The first-order chi connectivity index (χ1) is 10.2. The minimum Gasteiger partial charge on any atom is -0.366 e. The number of thioether (sulfide) groups is 1. The number of primary sulfonamides is 1. The molecule has 6 nitrogen and oxygen atoms in total. The van der Waals surface area contributed by atoms with Gasteiger partial charge in [-0.15, -0.1) is 17.0 Å². The highest BCUT2D eigenvalue weighted by atomic mass is 79.9. The van der Waals surface area contributed by atoms with Gasteiger partial charge in [0.05, 0.1) is 10.8 Å². The van der Waals surface area contributed by atoms with Gasteiger partial charge in [0.25, 0.3) is 0 Å². The molecule has 0 spiro atoms. The number of rotatable bonds is 4. The van der Waals surface area contributed by atoms with Crippen LogP contribution in [0, 0.1) is 0 Å². The predicted octanol–water partition coefficient (Wildman–Crippen LogP) is 2.15. The molecule has 3 N–H and O–H groups in total. The Balaban J connectivity index is 0.00000264. The molecule has 1 aromatic rings. The van der Waals surface area contributed by atoms with Crippen LogP contribution in [0.1, 0.15) is 19.4 Å². The van der Waals surface area contributed by atoms with Crippen LogP contribution in [0.25, 0.3) is 0 Å². The lowest BCUT2D eigenvalue weighted by Gasteiger charge is -2.34. The molecular formula is C13H19BrClN3O3S2. The number of aliphatic hydroxyl groups is 1. The van der Waals surface area contributed by atoms with Crippen molar-refractivity contribution < 1.29 is 13.5 Å². The quantitative estimate of drug-likeness (QED) is 0.742. The summed E-state index contributed by atoms with van der Waals surface area (Å²) >= 11 is 7.33. The Labute approximate surface area is 155 Å². The second-order valence-electron chi connectivity index (χ2n) is 4.80. The van der Waals surface area contributed by atoms with Crippen LogP contribution in [0.5, 0.6) is 0 Å². The summed E-state index contributed by atoms with van der Waals surface area (Å²) < 4.78 is 23.2. The number of nitrogens with two attached hydrogens (primary N) is 1. The van der Waals surface area contributed by atoms with E-state index in [9.17, 15) is 13.5 Å². The predicted molar refractivity (Wildman–Crippen MR) is 99.9 cm³/mol. The highest BCUT2D eigenvalue weighted by molar-refractivity contribution is 8.93. The van der Waals surface area contributed by atoms with E-state index in [1.165, 1.54) is 23.9 Å². The largest absolute Gasteiger partial charge is 0.366 e. The van der Waals surface area contributed by atoms with Crippen LogP contribution < -0.4 is 5.14 Å². The molecule has 10 heteroatoms. The smallest absolute Gasteiger partial charge is 0.239 e. The van der Waals surface area contributed by atoms with Gasteiger partial charge in [-0.2, -0.15) is 0 Å². The minimum atomic E-state index is -3.96. The van der Waals surface area contributed by atoms with Crippen molar-refractivity contribution in [1.29, 1.82) is 0 Å². The fourth-order valence-corrected chi connectivity index (χ4v) is 4.73. The van der Waals surface area contributed by atoms with Gasteiger partial charge in [-0.3, -0.25) is 4.99 Å². The third-order valence-electron chi connectivity index (χ3n) is 3.39. The number of halogens is 2. The molecule has 0 bridgehead atoms. The lowest BCUT2D eigenvalue weighted by molar-refractivity contribution is -0.0455. The number of amidine groups is 1. The molecule has 0 aliphatic carbocycles. The third-order valence-corrected chi connectivity index (χ3v) is 5.94. The van der Waals surface area contributed by atoms with E-state index in [0.29, 0.717) is 24.4 Å². The van der Waals surface area contributed by atoms with Crippen LogP contribution in [0.4, 0.5) is 0 Å². The third kappa shape index (κ3) is 4.02. The van der Waals surface area contributed by atoms with E-state index in [1.54, 1.807) is 11.0 Å². The topological polar surface area (TPSA) is 96.0 Å². The number of sulfonamides is 1. The van der Waals surface area contributed by atoms with E-state index in [-0.39, 0.29) is 26.9 Å². The second kappa shape index (κ2) is 7.71. The van der Waals surface area contributed by atoms with Gasteiger partial charge in [0.15, 0.2) is 10.9 Å². The van der Waals surface area contributed by atoms with Gasteiger partial charge in [-0.25, -0.2) is 13.6 Å². The Morgan fingerprint density at radius 3 is 2.65 bits per heavy atom. The Hall–Kier alpha value is -0.320. The molecule has 1 aromatic carbocycles. The lowest BCUT2D eigenvalue weighted by Crippen LogP contribution is -2.45. The normalized spacial score (nSPS) is 23.2. The number of nitrogens with zero attached hydrogens (tertiary/aromatic N) is 2. The molecule has 0 amide bonds. The van der Waals surface area contributed by atoms with Gasteiger partial charge in [-0.1, -0.05) is 29.4 Å². The fraction of sp³-hybridized carbons (Fsp3) is 0.462. The van der Waals surface area contributed by atoms with Crippen LogP contribution in [0.15, 0.2) is 28.1 Å². The van der Waals surface area contributed by atoms with Gasteiger partial charge in [0, 0.05) is 18.7 Å². The van der Waals surface area contributed by atoms with Gasteiger partial charge >= 0.3 is 0 Å². The molecule has 130 valence electrons. The zero-order valence-electron chi connectivity index (χ0n) is 12.7. The summed E-state index contributed by atoms with van der Waals surface area (Å²) in [6.07, 6.45) is 0. The zero-order chi connectivity index (χ0) is 16.5. The molecule has 1 heterocycles. The van der Waals surface area contributed by atoms with Crippen molar-refractivity contribution in [3.05, 3.63) is 28.8 Å². The molecule has 0 saturated carbocycles. The number of aliphatic imine (C=N–C) groups is 1. The summed E-state index contributed by atoms with van der Waals surface area (Å²) in [5.74, 6) is 0.353. The van der Waals surface area contributed by atoms with E-state index in [0.717, 1.165) is 5.17 Å². The second-order valence-corrected chi connectivity index (χ2v) is 7.68. The first-order valence-electron chi connectivity index (χ1n) is 6.74. The highest BCUT2D eigenvalue weighted by Crippen LogP contribution is 2.40. The molecule has 1 atom stereocenters. The summed E-state index contributed by atoms with van der Waals surface area (Å²) in [6, 6.07) is 4.37. The first-order valence-corrected chi connectivity index (χ1v) is 9.65. The van der Waals surface area contributed by atoms with E-state index in [2.05, 4.69) is 4.99 Å². The molecular weight excluding hydrogens is 426 g/mol. The molecule has 1 fully saturated rings. The summed E-state index contributed by atoms with van der Waals surface area (Å²) in [5.41, 5.74) is -0.908. The number of hydrogen-bond acceptors (Lipinski definition) is 5. The lowest BCUT2D eigenvalue weighted by atomic mass is 10.0. The van der Waals surface area contributed by atoms with Gasteiger partial charge < -0.3 is 10.0 Å². The first kappa shape index (κ1) is 20.7.